The van der Waals surface area contributed by atoms with Crippen molar-refractivity contribution in [3.63, 3.8) is 0 Å². The van der Waals surface area contributed by atoms with Gasteiger partial charge in [0.1, 0.15) is 0 Å². The zero-order valence-electron chi connectivity index (χ0n) is 7.68. The molecule has 0 atom stereocenters. The summed E-state index contributed by atoms with van der Waals surface area (Å²) in [5, 5.41) is 9.11. The molecule has 0 radical (unpaired) electrons. The molecule has 1 rings (SSSR count). The number of hydrogen-bond donors (Lipinski definition) is 3. The van der Waals surface area contributed by atoms with Gasteiger partial charge in [0.2, 0.25) is 5.91 Å². The number of hydrogen-bond acceptors (Lipinski definition) is 3. The first-order valence-electron chi connectivity index (χ1n) is 4.42. The summed E-state index contributed by atoms with van der Waals surface area (Å²) in [6.45, 7) is 6.32. The van der Waals surface area contributed by atoms with Crippen LogP contribution in [0.3, 0.4) is 0 Å². The molecule has 12 heavy (non-hydrogen) atoms. The third kappa shape index (κ3) is 3.19. The van der Waals surface area contributed by atoms with Crippen LogP contribution in [0.1, 0.15) is 13.8 Å². The Balaban J connectivity index is 2.01. The van der Waals surface area contributed by atoms with Crippen molar-refractivity contribution in [3.8, 4) is 0 Å². The van der Waals surface area contributed by atoms with E-state index >= 15 is 0 Å². The second-order valence-corrected chi connectivity index (χ2v) is 3.46. The molecule has 1 saturated heterocycles. The van der Waals surface area contributed by atoms with Crippen LogP contribution in [0.25, 0.3) is 0 Å². The largest absolute Gasteiger partial charge is 0.353 e. The first-order chi connectivity index (χ1) is 5.68. The summed E-state index contributed by atoms with van der Waals surface area (Å²) >= 11 is 0. The molecule has 0 bridgehead atoms. The van der Waals surface area contributed by atoms with Gasteiger partial charge in [0.15, 0.2) is 0 Å². The third-order valence-electron chi connectivity index (χ3n) is 1.78. The lowest BCUT2D eigenvalue weighted by molar-refractivity contribution is -0.120. The Morgan fingerprint density at radius 1 is 1.58 bits per heavy atom. The molecular weight excluding hydrogens is 154 g/mol. The van der Waals surface area contributed by atoms with E-state index in [4.69, 9.17) is 0 Å². The van der Waals surface area contributed by atoms with Crippen LogP contribution in [0, 0.1) is 0 Å². The zero-order valence-corrected chi connectivity index (χ0v) is 7.68. The molecule has 1 fully saturated rings. The summed E-state index contributed by atoms with van der Waals surface area (Å²) in [6.07, 6.45) is 0. The highest BCUT2D eigenvalue weighted by Gasteiger charge is 2.16. The standard InChI is InChI=1S/C8H17N3O/c1-6(2)11-8(12)5-10-7-3-9-4-7/h6-7,9-10H,3-5H2,1-2H3,(H,11,12). The Morgan fingerprint density at radius 2 is 2.25 bits per heavy atom. The van der Waals surface area contributed by atoms with Gasteiger partial charge in [0, 0.05) is 25.2 Å². The highest BCUT2D eigenvalue weighted by atomic mass is 16.1. The van der Waals surface area contributed by atoms with E-state index in [2.05, 4.69) is 16.0 Å². The fourth-order valence-corrected chi connectivity index (χ4v) is 1.04. The molecule has 1 aliphatic heterocycles. The summed E-state index contributed by atoms with van der Waals surface area (Å²) < 4.78 is 0. The summed E-state index contributed by atoms with van der Waals surface area (Å²) in [5.41, 5.74) is 0. The van der Waals surface area contributed by atoms with Gasteiger partial charge < -0.3 is 16.0 Å². The normalized spacial score (nSPS) is 17.6. The Morgan fingerprint density at radius 3 is 2.67 bits per heavy atom. The lowest BCUT2D eigenvalue weighted by Crippen LogP contribution is -2.57. The number of rotatable bonds is 4. The molecule has 0 aromatic heterocycles. The molecule has 4 heteroatoms. The molecule has 0 unspecified atom stereocenters. The van der Waals surface area contributed by atoms with Crippen molar-refractivity contribution in [2.75, 3.05) is 19.6 Å². The minimum Gasteiger partial charge on any atom is -0.353 e. The molecule has 4 nitrogen and oxygen atoms in total. The van der Waals surface area contributed by atoms with Gasteiger partial charge in [-0.25, -0.2) is 0 Å². The maximum Gasteiger partial charge on any atom is 0.234 e. The van der Waals surface area contributed by atoms with Gasteiger partial charge in [-0.3, -0.25) is 4.79 Å². The highest BCUT2D eigenvalue weighted by molar-refractivity contribution is 5.78. The second-order valence-electron chi connectivity index (χ2n) is 3.46. The molecule has 0 aromatic carbocycles. The van der Waals surface area contributed by atoms with Crippen LogP contribution in [0.5, 0.6) is 0 Å². The maximum atomic E-state index is 11.1. The Labute approximate surface area is 73.1 Å². The van der Waals surface area contributed by atoms with Gasteiger partial charge in [-0.1, -0.05) is 0 Å². The van der Waals surface area contributed by atoms with Crippen molar-refractivity contribution in [3.05, 3.63) is 0 Å². The van der Waals surface area contributed by atoms with Crippen molar-refractivity contribution < 1.29 is 4.79 Å². The SMILES string of the molecule is CC(C)NC(=O)CNC1CNC1. The quantitative estimate of drug-likeness (QED) is 0.512. The van der Waals surface area contributed by atoms with Gasteiger partial charge in [-0.05, 0) is 13.8 Å². The first-order valence-corrected chi connectivity index (χ1v) is 4.42. The lowest BCUT2D eigenvalue weighted by atomic mass is 10.2. The number of nitrogens with one attached hydrogen (secondary N) is 3. The predicted octanol–water partition coefficient (Wildman–Crippen LogP) is -0.928. The van der Waals surface area contributed by atoms with Crippen molar-refractivity contribution in [1.29, 1.82) is 0 Å². The Bertz CT molecular complexity index is 154. The van der Waals surface area contributed by atoms with E-state index < -0.39 is 0 Å². The molecule has 0 aliphatic carbocycles. The molecule has 70 valence electrons. The summed E-state index contributed by atoms with van der Waals surface area (Å²) in [6, 6.07) is 0.724. The monoisotopic (exact) mass is 171 g/mol. The van der Waals surface area contributed by atoms with Crippen LogP contribution in [0.15, 0.2) is 0 Å². The van der Waals surface area contributed by atoms with Crippen molar-refractivity contribution in [2.24, 2.45) is 0 Å². The van der Waals surface area contributed by atoms with Gasteiger partial charge in [0.25, 0.3) is 0 Å². The summed E-state index contributed by atoms with van der Waals surface area (Å²) in [5.74, 6) is 0.0805. The molecule has 0 saturated carbocycles. The van der Waals surface area contributed by atoms with Gasteiger partial charge in [0.05, 0.1) is 6.54 Å². The topological polar surface area (TPSA) is 53.2 Å². The second kappa shape index (κ2) is 4.42. The third-order valence-corrected chi connectivity index (χ3v) is 1.78. The van der Waals surface area contributed by atoms with Crippen LogP contribution in [0.4, 0.5) is 0 Å². The summed E-state index contributed by atoms with van der Waals surface area (Å²) in [7, 11) is 0. The van der Waals surface area contributed by atoms with Crippen LogP contribution >= 0.6 is 0 Å². The van der Waals surface area contributed by atoms with Crippen LogP contribution < -0.4 is 16.0 Å². The van der Waals surface area contributed by atoms with Crippen LogP contribution in [0.2, 0.25) is 0 Å². The lowest BCUT2D eigenvalue weighted by Gasteiger charge is -2.27. The zero-order chi connectivity index (χ0) is 8.97. The van der Waals surface area contributed by atoms with Crippen LogP contribution in [-0.4, -0.2) is 37.6 Å². The van der Waals surface area contributed by atoms with Crippen molar-refractivity contribution in [2.45, 2.75) is 25.9 Å². The molecule has 0 spiro atoms. The van der Waals surface area contributed by atoms with E-state index in [1.807, 2.05) is 13.8 Å². The minimum atomic E-state index is 0.0805. The Hall–Kier alpha value is -0.610. The number of amides is 1. The van der Waals surface area contributed by atoms with Gasteiger partial charge >= 0.3 is 0 Å². The molecule has 1 aliphatic rings. The number of carbonyl (C=O) groups excluding carboxylic acids is 1. The summed E-state index contributed by atoms with van der Waals surface area (Å²) in [4.78, 5) is 11.1. The van der Waals surface area contributed by atoms with Gasteiger partial charge in [-0.15, -0.1) is 0 Å². The Kier molecular flexibility index (Phi) is 3.49. The average Bonchev–Trinajstić information content (AvgIpc) is 1.81. The van der Waals surface area contributed by atoms with E-state index in [9.17, 15) is 4.79 Å². The van der Waals surface area contributed by atoms with E-state index in [0.29, 0.717) is 12.6 Å². The van der Waals surface area contributed by atoms with Crippen molar-refractivity contribution in [1.82, 2.24) is 16.0 Å². The fraction of sp³-hybridized carbons (Fsp3) is 0.875. The van der Waals surface area contributed by atoms with Crippen LogP contribution in [-0.2, 0) is 4.79 Å². The fourth-order valence-electron chi connectivity index (χ4n) is 1.04. The average molecular weight is 171 g/mol. The van der Waals surface area contributed by atoms with E-state index in [1.165, 1.54) is 0 Å². The van der Waals surface area contributed by atoms with Crippen molar-refractivity contribution >= 4 is 5.91 Å². The minimum absolute atomic E-state index is 0.0805. The molecule has 1 heterocycles. The van der Waals surface area contributed by atoms with Gasteiger partial charge in [-0.2, -0.15) is 0 Å². The predicted molar refractivity (Wildman–Crippen MR) is 47.9 cm³/mol. The van der Waals surface area contributed by atoms with E-state index in [-0.39, 0.29) is 11.9 Å². The molecule has 3 N–H and O–H groups in total. The maximum absolute atomic E-state index is 11.1. The van der Waals surface area contributed by atoms with E-state index in [1.54, 1.807) is 0 Å². The smallest absolute Gasteiger partial charge is 0.234 e. The highest BCUT2D eigenvalue weighted by Crippen LogP contribution is 1.88. The molecular formula is C8H17N3O. The van der Waals surface area contributed by atoms with E-state index in [0.717, 1.165) is 13.1 Å². The first kappa shape index (κ1) is 9.48. The molecule has 1 amide bonds. The number of carbonyl (C=O) groups is 1. The molecule has 0 aromatic rings.